The zero-order valence-electron chi connectivity index (χ0n) is 19.6. The Morgan fingerprint density at radius 1 is 0.941 bits per heavy atom. The lowest BCUT2D eigenvalue weighted by atomic mass is 10.1. The van der Waals surface area contributed by atoms with Crippen molar-refractivity contribution in [2.45, 2.75) is 18.9 Å². The second-order valence-corrected chi connectivity index (χ2v) is 8.04. The van der Waals surface area contributed by atoms with Gasteiger partial charge < -0.3 is 29.0 Å². The minimum atomic E-state index is -4.36. The predicted molar refractivity (Wildman–Crippen MR) is 122 cm³/mol. The molecule has 1 atom stereocenters. The second kappa shape index (κ2) is 11.6. The van der Waals surface area contributed by atoms with Crippen LogP contribution in [0.1, 0.15) is 11.1 Å². The molecular formula is C24H31F3N2O5. The summed E-state index contributed by atoms with van der Waals surface area (Å²) >= 11 is 0. The third-order valence-electron chi connectivity index (χ3n) is 5.68. The number of aliphatic hydroxyl groups excluding tert-OH is 1. The SMILES string of the molecule is COc1cc(COCC(O)CN2CCN(c3cccc(C(F)(F)F)c3)CC2)cc(OC)c1OC. The number of methoxy groups -OCH3 is 3. The molecule has 1 aliphatic rings. The number of nitrogens with zero attached hydrogens (tertiary/aromatic N) is 2. The Morgan fingerprint density at radius 3 is 2.15 bits per heavy atom. The van der Waals surface area contributed by atoms with Crippen LogP contribution in [0, 0.1) is 0 Å². The molecule has 1 unspecified atom stereocenters. The van der Waals surface area contributed by atoms with Crippen LogP contribution >= 0.6 is 0 Å². The Labute approximate surface area is 197 Å². The van der Waals surface area contributed by atoms with Gasteiger partial charge in [-0.2, -0.15) is 13.2 Å². The van der Waals surface area contributed by atoms with Crippen molar-refractivity contribution in [2.75, 3.05) is 65.6 Å². The first-order valence-electron chi connectivity index (χ1n) is 10.9. The molecule has 3 rings (SSSR count). The van der Waals surface area contributed by atoms with Crippen LogP contribution in [0.15, 0.2) is 36.4 Å². The van der Waals surface area contributed by atoms with Gasteiger partial charge in [-0.3, -0.25) is 4.90 Å². The van der Waals surface area contributed by atoms with Gasteiger partial charge in [0.2, 0.25) is 5.75 Å². The minimum absolute atomic E-state index is 0.143. The summed E-state index contributed by atoms with van der Waals surface area (Å²) in [6, 6.07) is 8.97. The van der Waals surface area contributed by atoms with Crippen molar-refractivity contribution in [1.82, 2.24) is 4.90 Å². The fourth-order valence-corrected chi connectivity index (χ4v) is 3.95. The molecule has 0 saturated carbocycles. The molecular weight excluding hydrogens is 453 g/mol. The first-order valence-corrected chi connectivity index (χ1v) is 10.9. The van der Waals surface area contributed by atoms with Gasteiger partial charge in [-0.05, 0) is 35.9 Å². The van der Waals surface area contributed by atoms with Crippen molar-refractivity contribution >= 4 is 5.69 Å². The second-order valence-electron chi connectivity index (χ2n) is 8.04. The van der Waals surface area contributed by atoms with Gasteiger partial charge in [0.1, 0.15) is 0 Å². The van der Waals surface area contributed by atoms with Gasteiger partial charge in [0.05, 0.1) is 46.2 Å². The van der Waals surface area contributed by atoms with Gasteiger partial charge in [0.15, 0.2) is 11.5 Å². The molecule has 1 aliphatic heterocycles. The summed E-state index contributed by atoms with van der Waals surface area (Å²) in [5.74, 6) is 1.55. The third kappa shape index (κ3) is 6.68. The number of anilines is 1. The average Bonchev–Trinajstić information content (AvgIpc) is 2.83. The van der Waals surface area contributed by atoms with Crippen molar-refractivity contribution in [1.29, 1.82) is 0 Å². The van der Waals surface area contributed by atoms with Gasteiger partial charge in [0.25, 0.3) is 0 Å². The van der Waals surface area contributed by atoms with Crippen LogP contribution in [-0.4, -0.2) is 76.8 Å². The normalized spacial score (nSPS) is 15.8. The number of β-amino-alcohol motifs (C(OH)–C–C–N with tert-alkyl or cyclic N) is 1. The molecule has 1 heterocycles. The van der Waals surface area contributed by atoms with Crippen LogP contribution in [-0.2, 0) is 17.5 Å². The van der Waals surface area contributed by atoms with E-state index in [-0.39, 0.29) is 13.2 Å². The van der Waals surface area contributed by atoms with E-state index in [0.717, 1.165) is 11.6 Å². The van der Waals surface area contributed by atoms with Gasteiger partial charge in [-0.25, -0.2) is 0 Å². The lowest BCUT2D eigenvalue weighted by Crippen LogP contribution is -2.49. The molecule has 1 N–H and O–H groups in total. The van der Waals surface area contributed by atoms with Gasteiger partial charge in [0, 0.05) is 38.4 Å². The molecule has 10 heteroatoms. The number of benzene rings is 2. The van der Waals surface area contributed by atoms with Crippen molar-refractivity contribution in [3.63, 3.8) is 0 Å². The van der Waals surface area contributed by atoms with Crippen LogP contribution in [0.4, 0.5) is 18.9 Å². The summed E-state index contributed by atoms with van der Waals surface area (Å²) in [6.45, 7) is 3.27. The zero-order chi connectivity index (χ0) is 24.7. The highest BCUT2D eigenvalue weighted by Crippen LogP contribution is 2.38. The molecule has 188 valence electrons. The van der Waals surface area contributed by atoms with E-state index in [4.69, 9.17) is 18.9 Å². The lowest BCUT2D eigenvalue weighted by Gasteiger charge is -2.37. The minimum Gasteiger partial charge on any atom is -0.493 e. The maximum Gasteiger partial charge on any atom is 0.416 e. The summed E-state index contributed by atoms with van der Waals surface area (Å²) in [7, 11) is 4.61. The van der Waals surface area contributed by atoms with E-state index in [9.17, 15) is 18.3 Å². The maximum absolute atomic E-state index is 13.0. The molecule has 7 nitrogen and oxygen atoms in total. The smallest absolute Gasteiger partial charge is 0.416 e. The predicted octanol–water partition coefficient (Wildman–Crippen LogP) is 3.43. The summed E-state index contributed by atoms with van der Waals surface area (Å²) in [5.41, 5.74) is 0.729. The van der Waals surface area contributed by atoms with E-state index in [1.165, 1.54) is 19.2 Å². The van der Waals surface area contributed by atoms with Crippen molar-refractivity contribution < 1.29 is 37.2 Å². The van der Waals surface area contributed by atoms with Crippen molar-refractivity contribution in [3.8, 4) is 17.2 Å². The topological polar surface area (TPSA) is 63.6 Å². The molecule has 0 aliphatic carbocycles. The van der Waals surface area contributed by atoms with Crippen LogP contribution in [0.5, 0.6) is 17.2 Å². The molecule has 1 saturated heterocycles. The summed E-state index contributed by atoms with van der Waals surface area (Å²) < 4.78 is 60.6. The fraction of sp³-hybridized carbons (Fsp3) is 0.500. The van der Waals surface area contributed by atoms with E-state index in [0.29, 0.717) is 55.7 Å². The van der Waals surface area contributed by atoms with Crippen molar-refractivity contribution in [2.24, 2.45) is 0 Å². The van der Waals surface area contributed by atoms with E-state index in [1.54, 1.807) is 32.4 Å². The highest BCUT2D eigenvalue weighted by molar-refractivity contribution is 5.53. The number of aliphatic hydroxyl groups is 1. The molecule has 0 aromatic heterocycles. The monoisotopic (exact) mass is 484 g/mol. The van der Waals surface area contributed by atoms with E-state index < -0.39 is 17.8 Å². The summed E-state index contributed by atoms with van der Waals surface area (Å²) in [5, 5.41) is 10.4. The van der Waals surface area contributed by atoms with E-state index >= 15 is 0 Å². The van der Waals surface area contributed by atoms with Crippen LogP contribution in [0.3, 0.4) is 0 Å². The summed E-state index contributed by atoms with van der Waals surface area (Å²) in [6.07, 6.45) is -5.05. The Balaban J connectivity index is 1.45. The molecule has 0 amide bonds. The molecule has 0 spiro atoms. The molecule has 2 aromatic carbocycles. The number of ether oxygens (including phenoxy) is 4. The fourth-order valence-electron chi connectivity index (χ4n) is 3.95. The highest BCUT2D eigenvalue weighted by Gasteiger charge is 2.31. The van der Waals surface area contributed by atoms with Crippen molar-refractivity contribution in [3.05, 3.63) is 47.5 Å². The third-order valence-corrected chi connectivity index (χ3v) is 5.68. The van der Waals surface area contributed by atoms with Gasteiger partial charge in [-0.15, -0.1) is 0 Å². The average molecular weight is 485 g/mol. The molecule has 1 fully saturated rings. The number of alkyl halides is 3. The number of piperazine rings is 1. The Kier molecular flexibility index (Phi) is 8.87. The quantitative estimate of drug-likeness (QED) is 0.555. The number of hydrogen-bond donors (Lipinski definition) is 1. The first kappa shape index (κ1) is 25.9. The Bertz CT molecular complexity index is 908. The van der Waals surface area contributed by atoms with E-state index in [2.05, 4.69) is 4.90 Å². The van der Waals surface area contributed by atoms with Crippen LogP contribution in [0.25, 0.3) is 0 Å². The Morgan fingerprint density at radius 2 is 1.59 bits per heavy atom. The van der Waals surface area contributed by atoms with Gasteiger partial charge >= 0.3 is 6.18 Å². The molecule has 0 radical (unpaired) electrons. The van der Waals surface area contributed by atoms with Gasteiger partial charge in [-0.1, -0.05) is 6.07 Å². The molecule has 0 bridgehead atoms. The Hall–Kier alpha value is -2.69. The number of halogens is 3. The lowest BCUT2D eigenvalue weighted by molar-refractivity contribution is -0.137. The number of hydrogen-bond acceptors (Lipinski definition) is 7. The maximum atomic E-state index is 13.0. The zero-order valence-corrected chi connectivity index (χ0v) is 19.6. The molecule has 2 aromatic rings. The van der Waals surface area contributed by atoms with E-state index in [1.807, 2.05) is 4.90 Å². The largest absolute Gasteiger partial charge is 0.493 e. The highest BCUT2D eigenvalue weighted by atomic mass is 19.4. The summed E-state index contributed by atoms with van der Waals surface area (Å²) in [4.78, 5) is 4.01. The van der Waals surface area contributed by atoms with Crippen LogP contribution < -0.4 is 19.1 Å². The standard InChI is InChI=1S/C24H31F3N2O5/c1-31-21-11-17(12-22(32-2)23(21)33-3)15-34-16-20(30)14-28-7-9-29(10-8-28)19-6-4-5-18(13-19)24(25,26)27/h4-6,11-13,20,30H,7-10,14-16H2,1-3H3. The first-order chi connectivity index (χ1) is 16.2. The van der Waals surface area contributed by atoms with Crippen LogP contribution in [0.2, 0.25) is 0 Å². The molecule has 34 heavy (non-hydrogen) atoms. The number of rotatable bonds is 10.